The van der Waals surface area contributed by atoms with E-state index < -0.39 is 0 Å². The van der Waals surface area contributed by atoms with Crippen LogP contribution in [0.1, 0.15) is 132 Å². The Morgan fingerprint density at radius 1 is 0.523 bits per heavy atom. The Kier molecular flexibility index (Phi) is 14.5. The molecule has 16 bridgehead atoms. The number of allylic oxidation sites excluding steroid dienone is 24. The summed E-state index contributed by atoms with van der Waals surface area (Å²) in [5, 5.41) is 30.8. The number of ether oxygens (including phenoxy) is 2. The molecule has 2 fully saturated rings. The third-order valence-corrected chi connectivity index (χ3v) is 19.4. The average Bonchev–Trinajstić information content (AvgIpc) is 1.75. The lowest BCUT2D eigenvalue weighted by molar-refractivity contribution is -0.141. The largest absolute Gasteiger partial charge is 0.511 e. The molecule has 10 aliphatic heterocycles. The molecule has 2 aliphatic carbocycles. The minimum atomic E-state index is -0.274. The van der Waals surface area contributed by atoms with Crippen molar-refractivity contribution in [3.63, 3.8) is 0 Å². The van der Waals surface area contributed by atoms with Crippen molar-refractivity contribution in [2.24, 2.45) is 53.6 Å². The first-order valence-electron chi connectivity index (χ1n) is 30.6. The lowest BCUT2D eigenvalue weighted by Gasteiger charge is -2.17. The lowest BCUT2D eigenvalue weighted by Crippen LogP contribution is -2.16. The van der Waals surface area contributed by atoms with Crippen molar-refractivity contribution in [1.82, 2.24) is 10.6 Å². The molecule has 14 heteroatoms. The number of aliphatic hydroxyl groups is 2. The Balaban J connectivity index is 0.908. The first-order valence-corrected chi connectivity index (χ1v) is 30.6. The molecule has 0 aromatic heterocycles. The molecule has 10 heterocycles. The van der Waals surface area contributed by atoms with Crippen LogP contribution in [0, 0.1) is 47.4 Å². The van der Waals surface area contributed by atoms with Gasteiger partial charge in [0.2, 0.25) is 0 Å². The Morgan fingerprint density at radius 2 is 0.909 bits per heavy atom. The topological polar surface area (TPSA) is 191 Å². The van der Waals surface area contributed by atoms with Gasteiger partial charge in [-0.15, -0.1) is 0 Å². The van der Waals surface area contributed by atoms with Crippen LogP contribution in [-0.2, 0) is 19.1 Å². The molecule has 442 valence electrons. The Hall–Kier alpha value is -9.66. The zero-order chi connectivity index (χ0) is 61.7. The summed E-state index contributed by atoms with van der Waals surface area (Å²) in [7, 11) is 2.84. The van der Waals surface area contributed by atoms with E-state index in [4.69, 9.17) is 39.4 Å². The molecule has 0 radical (unpaired) electrons. The van der Waals surface area contributed by atoms with Gasteiger partial charge in [-0.1, -0.05) is 63.5 Å². The number of aliphatic hydroxyl groups excluding tert-OH is 2. The molecule has 0 unspecified atom stereocenters. The van der Waals surface area contributed by atoms with Crippen LogP contribution in [-0.4, -0.2) is 70.6 Å². The average molecular weight is 1170 g/mol. The van der Waals surface area contributed by atoms with Crippen molar-refractivity contribution in [3.05, 3.63) is 218 Å². The Morgan fingerprint density at radius 3 is 1.30 bits per heavy atom. The Labute approximate surface area is 514 Å². The third-order valence-electron chi connectivity index (χ3n) is 19.4. The highest BCUT2D eigenvalue weighted by Crippen LogP contribution is 2.49. The number of methoxy groups -OCH3 is 2. The summed E-state index contributed by atoms with van der Waals surface area (Å²) in [6, 6.07) is 7.95. The summed E-state index contributed by atoms with van der Waals surface area (Å²) in [5.74, 6) is 14.1. The molecule has 0 saturated carbocycles. The number of hydrogen-bond donors (Lipinski definition) is 4. The SMILES string of the molecule is CCC1=C(C)C2=NC1=CC1=C(C)C3=C(O)CC(=C4NC(=CC5=NC(=C2)C(C#Cc2ccccc2C#CC2=C(C)C6=NC2=CC2=NC(=CC7=C(C)C8=C(O)CC(=C9NC(=C6)[C@@H](C)[C@@H]9CCC(=O)OC)C8=N7)C(CC)=C2C)=C5C)[C@@H](C)[C@@H]4CCC(=O)OC)C3=N1. The molecule has 2 saturated heterocycles. The van der Waals surface area contributed by atoms with E-state index in [1.807, 2.05) is 62.4 Å². The number of nitrogens with one attached hydrogen (secondary N) is 2. The van der Waals surface area contributed by atoms with Crippen LogP contribution in [0.25, 0.3) is 0 Å². The van der Waals surface area contributed by atoms with Gasteiger partial charge in [-0.3, -0.25) is 9.59 Å². The van der Waals surface area contributed by atoms with Crippen LogP contribution in [0.15, 0.2) is 237 Å². The van der Waals surface area contributed by atoms with Crippen molar-refractivity contribution in [2.75, 3.05) is 14.2 Å². The second kappa shape index (κ2) is 22.2. The molecule has 4 atom stereocenters. The monoisotopic (exact) mass is 1170 g/mol. The van der Waals surface area contributed by atoms with E-state index in [-0.39, 0.29) is 60.0 Å². The lowest BCUT2D eigenvalue weighted by atomic mass is 9.86. The molecule has 0 spiro atoms. The highest BCUT2D eigenvalue weighted by Gasteiger charge is 2.44. The van der Waals surface area contributed by atoms with Gasteiger partial charge in [-0.05, 0) is 160 Å². The highest BCUT2D eigenvalue weighted by molar-refractivity contribution is 6.23. The van der Waals surface area contributed by atoms with Crippen molar-refractivity contribution in [1.29, 1.82) is 0 Å². The van der Waals surface area contributed by atoms with Crippen LogP contribution in [0.3, 0.4) is 0 Å². The number of hydrogen-bond acceptors (Lipinski definition) is 14. The number of aliphatic imine (C=N–C) groups is 6. The summed E-state index contributed by atoms with van der Waals surface area (Å²) in [6.07, 6.45) is 16.1. The number of carbonyl (C=O) groups is 2. The van der Waals surface area contributed by atoms with E-state index in [1.165, 1.54) is 14.2 Å². The summed E-state index contributed by atoms with van der Waals surface area (Å²) in [5.41, 5.74) is 27.3. The van der Waals surface area contributed by atoms with Crippen LogP contribution >= 0.6 is 0 Å². The molecule has 4 N–H and O–H groups in total. The number of benzene rings is 1. The van der Waals surface area contributed by atoms with Crippen molar-refractivity contribution in [2.45, 2.75) is 121 Å². The maximum Gasteiger partial charge on any atom is 0.305 e. The third kappa shape index (κ3) is 9.52. The fourth-order valence-electron chi connectivity index (χ4n) is 14.2. The van der Waals surface area contributed by atoms with Gasteiger partial charge in [-0.2, -0.15) is 0 Å². The number of rotatable bonds is 8. The first kappa shape index (κ1) is 57.4. The fourth-order valence-corrected chi connectivity index (χ4v) is 14.2. The van der Waals surface area contributed by atoms with Crippen molar-refractivity contribution < 1.29 is 29.3 Å². The van der Waals surface area contributed by atoms with E-state index in [0.717, 1.165) is 182 Å². The predicted molar refractivity (Wildman–Crippen MR) is 347 cm³/mol. The van der Waals surface area contributed by atoms with Gasteiger partial charge in [0.1, 0.15) is 11.5 Å². The molecule has 13 rings (SSSR count). The summed E-state index contributed by atoms with van der Waals surface area (Å²) < 4.78 is 10.2. The number of fused-ring (bicyclic) bond motifs is 10. The highest BCUT2D eigenvalue weighted by atomic mass is 16.5. The second-order valence-corrected chi connectivity index (χ2v) is 24.3. The van der Waals surface area contributed by atoms with E-state index in [0.29, 0.717) is 37.1 Å². The number of carbonyl (C=O) groups excluding carboxylic acids is 2. The van der Waals surface area contributed by atoms with Gasteiger partial charge in [0.25, 0.3) is 0 Å². The van der Waals surface area contributed by atoms with Gasteiger partial charge in [0.15, 0.2) is 0 Å². The van der Waals surface area contributed by atoms with Gasteiger partial charge in [0, 0.05) is 106 Å². The first-order chi connectivity index (χ1) is 42.4. The van der Waals surface area contributed by atoms with Gasteiger partial charge < -0.3 is 30.3 Å². The zero-order valence-electron chi connectivity index (χ0n) is 52.0. The van der Waals surface area contributed by atoms with Crippen molar-refractivity contribution >= 4 is 46.2 Å². The summed E-state index contributed by atoms with van der Waals surface area (Å²) in [6.45, 7) is 21.0. The number of esters is 2. The van der Waals surface area contributed by atoms with Crippen LogP contribution in [0.4, 0.5) is 0 Å². The van der Waals surface area contributed by atoms with Gasteiger partial charge >= 0.3 is 11.9 Å². The number of nitrogens with zero attached hydrogens (tertiary/aromatic N) is 6. The standard InChI is InChI=1S/C74H70N8O6/c1-13-45-35(3)55-31-63-47(37(5)53(77-63)29-57-39(7)49(23-25-67(85)87-11)71(79-57)51-27-65(83)69-41(9)59(81-73(51)69)33-61(45)75-55)21-19-43-17-15-16-18-44(43)20-22-48-38(6)54-30-58-40(8)50(24-26-68(86)88-12)72(80-58)52-28-66(84)70-42(10)60(82-74(52)70)34-62-46(14-2)36(4)56(76-62)32-64(48)78-54/h15-18,29-34,39-40,49-50,79-80,83-84H,13-14,23-28H2,1-12H3/t39-,40-,49-,50-/m0/s1. The molecular weight excluding hydrogens is 1100 g/mol. The van der Waals surface area contributed by atoms with Gasteiger partial charge in [0.05, 0.1) is 93.8 Å². The predicted octanol–water partition coefficient (Wildman–Crippen LogP) is 13.6. The molecule has 14 nitrogen and oxygen atoms in total. The second-order valence-electron chi connectivity index (χ2n) is 24.3. The minimum Gasteiger partial charge on any atom is -0.511 e. The van der Waals surface area contributed by atoms with Crippen LogP contribution in [0.5, 0.6) is 0 Å². The van der Waals surface area contributed by atoms with E-state index in [1.54, 1.807) is 0 Å². The van der Waals surface area contributed by atoms with Crippen LogP contribution in [0.2, 0.25) is 0 Å². The summed E-state index contributed by atoms with van der Waals surface area (Å²) >= 11 is 0. The molecule has 12 aliphatic rings. The summed E-state index contributed by atoms with van der Waals surface area (Å²) in [4.78, 5) is 57.0. The van der Waals surface area contributed by atoms with E-state index >= 15 is 0 Å². The van der Waals surface area contributed by atoms with E-state index in [2.05, 4.69) is 102 Å². The normalized spacial score (nSPS) is 24.0. The van der Waals surface area contributed by atoms with Crippen molar-refractivity contribution in [3.8, 4) is 23.7 Å². The smallest absolute Gasteiger partial charge is 0.305 e. The maximum atomic E-state index is 12.7. The fraction of sp³-hybridized carbons (Fsp3) is 0.324. The van der Waals surface area contributed by atoms with Gasteiger partial charge in [-0.25, -0.2) is 30.0 Å². The molecular formula is C74H70N8O6. The molecule has 0 amide bonds. The maximum absolute atomic E-state index is 12.7. The van der Waals surface area contributed by atoms with E-state index in [9.17, 15) is 19.8 Å². The quantitative estimate of drug-likeness (QED) is 0.146. The Bertz CT molecular complexity index is 4170. The molecule has 1 aromatic carbocycles. The zero-order valence-corrected chi connectivity index (χ0v) is 52.0. The minimum absolute atomic E-state index is 0.0402. The molecule has 1 aromatic rings. The molecule has 88 heavy (non-hydrogen) atoms. The van der Waals surface area contributed by atoms with Crippen LogP contribution < -0.4 is 10.6 Å².